The number of pyridine rings is 1. The van der Waals surface area contributed by atoms with Crippen molar-refractivity contribution >= 4 is 5.52 Å². The predicted octanol–water partition coefficient (Wildman–Crippen LogP) is 1.80. The van der Waals surface area contributed by atoms with E-state index >= 15 is 0 Å². The molecule has 3 aromatic heterocycles. The molecule has 1 atom stereocenters. The number of ether oxygens (including phenoxy) is 1. The number of likely N-dealkylation sites (tertiary alicyclic amines) is 2. The molecule has 0 N–H and O–H groups in total. The summed E-state index contributed by atoms with van der Waals surface area (Å²) in [5, 5.41) is 27.3. The Labute approximate surface area is 174 Å². The standard InChI is InChI=1S/C21H22N8O/c1-14-19(15-5-20(30-2)21-16(6-22)7-24-28(21)9-15)8-25-29(14)18-11-27(12-18)17-3-4-26(10-17)13-23/h5,7-9,17-18H,3-4,10-12H2,1-2H3/t17-/m1/s1. The second-order valence-electron chi connectivity index (χ2n) is 7.94. The molecule has 0 saturated carbocycles. The third-order valence-corrected chi connectivity index (χ3v) is 6.33. The zero-order chi connectivity index (χ0) is 20.8. The molecule has 9 heteroatoms. The minimum absolute atomic E-state index is 0.343. The van der Waals surface area contributed by atoms with Crippen LogP contribution in [0.25, 0.3) is 16.6 Å². The summed E-state index contributed by atoms with van der Waals surface area (Å²) in [7, 11) is 1.60. The summed E-state index contributed by atoms with van der Waals surface area (Å²) in [6.45, 7) is 5.69. The van der Waals surface area contributed by atoms with E-state index in [-0.39, 0.29) is 0 Å². The van der Waals surface area contributed by atoms with Crippen LogP contribution in [-0.2, 0) is 0 Å². The van der Waals surface area contributed by atoms with Gasteiger partial charge in [0.25, 0.3) is 0 Å². The van der Waals surface area contributed by atoms with Gasteiger partial charge < -0.3 is 9.64 Å². The van der Waals surface area contributed by atoms with E-state index in [4.69, 9.17) is 10.00 Å². The normalized spacial score (nSPS) is 19.6. The number of fused-ring (bicyclic) bond motifs is 1. The molecule has 3 aromatic rings. The molecule has 5 rings (SSSR count). The van der Waals surface area contributed by atoms with Crippen LogP contribution in [0.4, 0.5) is 0 Å². The Hall–Kier alpha value is -3.56. The van der Waals surface area contributed by atoms with Gasteiger partial charge in [0.05, 0.1) is 25.5 Å². The van der Waals surface area contributed by atoms with E-state index in [0.29, 0.717) is 28.9 Å². The number of nitriles is 2. The van der Waals surface area contributed by atoms with Crippen molar-refractivity contribution in [2.24, 2.45) is 0 Å². The predicted molar refractivity (Wildman–Crippen MR) is 109 cm³/mol. The van der Waals surface area contributed by atoms with E-state index in [0.717, 1.165) is 49.4 Å². The first kappa shape index (κ1) is 18.5. The average molecular weight is 402 g/mol. The van der Waals surface area contributed by atoms with Gasteiger partial charge in [0, 0.05) is 55.2 Å². The molecule has 0 aliphatic carbocycles. The van der Waals surface area contributed by atoms with Gasteiger partial charge in [-0.25, -0.2) is 4.52 Å². The Morgan fingerprint density at radius 1 is 1.13 bits per heavy atom. The van der Waals surface area contributed by atoms with Crippen LogP contribution in [-0.4, -0.2) is 68.5 Å². The Morgan fingerprint density at radius 3 is 2.67 bits per heavy atom. The maximum atomic E-state index is 9.31. The zero-order valence-corrected chi connectivity index (χ0v) is 17.0. The Morgan fingerprint density at radius 2 is 1.97 bits per heavy atom. The van der Waals surface area contributed by atoms with Crippen molar-refractivity contribution in [2.45, 2.75) is 25.4 Å². The molecule has 0 unspecified atom stereocenters. The van der Waals surface area contributed by atoms with E-state index < -0.39 is 0 Å². The SMILES string of the molecule is COc1cc(-c2cnn(C3CN([C@@H]4CCN(C#N)C4)C3)c2C)cn2ncc(C#N)c12. The second-order valence-corrected chi connectivity index (χ2v) is 7.94. The van der Waals surface area contributed by atoms with Gasteiger partial charge in [-0.2, -0.15) is 20.7 Å². The summed E-state index contributed by atoms with van der Waals surface area (Å²) in [6, 6.07) is 4.91. The Balaban J connectivity index is 1.38. The van der Waals surface area contributed by atoms with E-state index in [1.807, 2.05) is 23.4 Å². The third-order valence-electron chi connectivity index (χ3n) is 6.33. The summed E-state index contributed by atoms with van der Waals surface area (Å²) >= 11 is 0. The Kier molecular flexibility index (Phi) is 4.34. The summed E-state index contributed by atoms with van der Waals surface area (Å²) < 4.78 is 9.32. The molecule has 0 aromatic carbocycles. The largest absolute Gasteiger partial charge is 0.494 e. The molecule has 2 aliphatic rings. The van der Waals surface area contributed by atoms with Gasteiger partial charge in [-0.3, -0.25) is 9.58 Å². The van der Waals surface area contributed by atoms with Gasteiger partial charge in [-0.1, -0.05) is 0 Å². The summed E-state index contributed by atoms with van der Waals surface area (Å²) in [4.78, 5) is 4.29. The van der Waals surface area contributed by atoms with Crippen molar-refractivity contribution in [2.75, 3.05) is 33.3 Å². The molecule has 0 bridgehead atoms. The summed E-state index contributed by atoms with van der Waals surface area (Å²) in [6.07, 6.45) is 8.66. The molecule has 152 valence electrons. The molecule has 9 nitrogen and oxygen atoms in total. The summed E-state index contributed by atoms with van der Waals surface area (Å²) in [5.74, 6) is 0.617. The highest BCUT2D eigenvalue weighted by Gasteiger charge is 2.37. The molecular weight excluding hydrogens is 380 g/mol. The van der Waals surface area contributed by atoms with Crippen molar-refractivity contribution in [3.63, 3.8) is 0 Å². The van der Waals surface area contributed by atoms with E-state index in [9.17, 15) is 5.26 Å². The van der Waals surface area contributed by atoms with Gasteiger partial charge in [0.2, 0.25) is 0 Å². The quantitative estimate of drug-likeness (QED) is 0.614. The smallest absolute Gasteiger partial charge is 0.179 e. The molecule has 0 amide bonds. The van der Waals surface area contributed by atoms with Crippen molar-refractivity contribution in [3.05, 3.63) is 35.9 Å². The van der Waals surface area contributed by atoms with Gasteiger partial charge in [0.15, 0.2) is 6.19 Å². The summed E-state index contributed by atoms with van der Waals surface area (Å²) in [5.41, 5.74) is 4.24. The first-order valence-electron chi connectivity index (χ1n) is 10.0. The molecule has 2 aliphatic heterocycles. The van der Waals surface area contributed by atoms with E-state index in [1.165, 1.54) is 0 Å². The molecule has 2 saturated heterocycles. The molecular formula is C21H22N8O. The number of hydrogen-bond donors (Lipinski definition) is 0. The highest BCUT2D eigenvalue weighted by Crippen LogP contribution is 2.34. The minimum Gasteiger partial charge on any atom is -0.494 e. The van der Waals surface area contributed by atoms with Gasteiger partial charge in [-0.05, 0) is 19.4 Å². The number of hydrogen-bond acceptors (Lipinski definition) is 7. The average Bonchev–Trinajstić information content (AvgIpc) is 3.45. The first-order valence-corrected chi connectivity index (χ1v) is 10.0. The van der Waals surface area contributed by atoms with Crippen LogP contribution < -0.4 is 4.74 Å². The number of aromatic nitrogens is 4. The topological polar surface area (TPSA) is 98.4 Å². The second kappa shape index (κ2) is 7.05. The third kappa shape index (κ3) is 2.78. The van der Waals surface area contributed by atoms with Crippen LogP contribution in [0.5, 0.6) is 5.75 Å². The lowest BCUT2D eigenvalue weighted by atomic mass is 10.0. The lowest BCUT2D eigenvalue weighted by molar-refractivity contribution is 0.0568. The van der Waals surface area contributed by atoms with Gasteiger partial charge >= 0.3 is 0 Å². The van der Waals surface area contributed by atoms with E-state index in [1.54, 1.807) is 17.8 Å². The number of rotatable bonds is 4. The lowest BCUT2D eigenvalue weighted by Crippen LogP contribution is -2.53. The van der Waals surface area contributed by atoms with Crippen molar-refractivity contribution in [1.82, 2.24) is 29.2 Å². The van der Waals surface area contributed by atoms with Crippen LogP contribution >= 0.6 is 0 Å². The van der Waals surface area contributed by atoms with Crippen LogP contribution in [0.2, 0.25) is 0 Å². The first-order chi connectivity index (χ1) is 14.6. The highest BCUT2D eigenvalue weighted by atomic mass is 16.5. The lowest BCUT2D eigenvalue weighted by Gasteiger charge is -2.43. The molecule has 2 fully saturated rings. The number of nitrogens with zero attached hydrogens (tertiary/aromatic N) is 8. The fourth-order valence-electron chi connectivity index (χ4n) is 4.62. The molecule has 30 heavy (non-hydrogen) atoms. The zero-order valence-electron chi connectivity index (χ0n) is 17.0. The van der Waals surface area contributed by atoms with Crippen molar-refractivity contribution in [1.29, 1.82) is 10.5 Å². The van der Waals surface area contributed by atoms with Crippen LogP contribution in [0.15, 0.2) is 24.7 Å². The van der Waals surface area contributed by atoms with Gasteiger partial charge in [-0.15, -0.1) is 0 Å². The molecule has 0 spiro atoms. The van der Waals surface area contributed by atoms with Crippen molar-refractivity contribution < 1.29 is 4.74 Å². The maximum absolute atomic E-state index is 9.31. The fraction of sp³-hybridized carbons (Fsp3) is 0.429. The number of methoxy groups -OCH3 is 1. The minimum atomic E-state index is 0.343. The Bertz CT molecular complexity index is 1190. The van der Waals surface area contributed by atoms with Crippen LogP contribution in [0, 0.1) is 29.7 Å². The van der Waals surface area contributed by atoms with Crippen LogP contribution in [0.3, 0.4) is 0 Å². The van der Waals surface area contributed by atoms with E-state index in [2.05, 4.69) is 39.0 Å². The van der Waals surface area contributed by atoms with Crippen molar-refractivity contribution in [3.8, 4) is 29.1 Å². The fourth-order valence-corrected chi connectivity index (χ4v) is 4.62. The maximum Gasteiger partial charge on any atom is 0.179 e. The molecule has 0 radical (unpaired) electrons. The van der Waals surface area contributed by atoms with Gasteiger partial charge in [0.1, 0.15) is 22.9 Å². The highest BCUT2D eigenvalue weighted by molar-refractivity contribution is 5.75. The van der Waals surface area contributed by atoms with Crippen LogP contribution in [0.1, 0.15) is 23.7 Å². The molecule has 5 heterocycles. The monoisotopic (exact) mass is 402 g/mol.